The van der Waals surface area contributed by atoms with E-state index < -0.39 is 36.2 Å². The molecule has 1 aliphatic heterocycles. The molecule has 1 atom stereocenters. The van der Waals surface area contributed by atoms with Gasteiger partial charge >= 0.3 is 23.8 Å². The maximum Gasteiger partial charge on any atom is 0.327 e. The minimum atomic E-state index is -1.58. The lowest BCUT2D eigenvalue weighted by Crippen LogP contribution is -2.59. The van der Waals surface area contributed by atoms with Crippen molar-refractivity contribution in [3.8, 4) is 5.75 Å². The van der Waals surface area contributed by atoms with Crippen molar-refractivity contribution >= 4 is 29.6 Å². The van der Waals surface area contributed by atoms with Crippen LogP contribution in [0.5, 0.6) is 5.75 Å². The minimum absolute atomic E-state index is 0.0487. The second kappa shape index (κ2) is 9.53. The Morgan fingerprint density at radius 3 is 2.34 bits per heavy atom. The number of nitrogens with one attached hydrogen (secondary N) is 1. The molecule has 1 unspecified atom stereocenters. The van der Waals surface area contributed by atoms with Gasteiger partial charge in [-0.2, -0.15) is 0 Å². The number of amidine groups is 1. The highest BCUT2D eigenvalue weighted by molar-refractivity contribution is 6.35. The third kappa shape index (κ3) is 5.67. The van der Waals surface area contributed by atoms with Gasteiger partial charge in [0.15, 0.2) is 0 Å². The number of aliphatic carboxylic acids is 2. The summed E-state index contributed by atoms with van der Waals surface area (Å²) in [5.74, 6) is -4.20. The van der Waals surface area contributed by atoms with E-state index in [2.05, 4.69) is 0 Å². The predicted octanol–water partition coefficient (Wildman–Crippen LogP) is -0.662. The Balaban J connectivity index is 1.83. The Morgan fingerprint density at radius 1 is 1.14 bits per heavy atom. The Morgan fingerprint density at radius 2 is 1.79 bits per heavy atom. The molecule has 5 N–H and O–H groups in total. The highest BCUT2D eigenvalue weighted by atomic mass is 16.5. The van der Waals surface area contributed by atoms with Crippen LogP contribution >= 0.6 is 0 Å². The number of rotatable bonds is 10. The molecule has 1 saturated heterocycles. The summed E-state index contributed by atoms with van der Waals surface area (Å²) in [7, 11) is 0. The molecular formula is C18H22N4O7. The first kappa shape index (κ1) is 21.7. The molecule has 2 amide bonds. The number of carboxylic acids is 2. The highest BCUT2D eigenvalue weighted by Crippen LogP contribution is 2.14. The van der Waals surface area contributed by atoms with Crippen LogP contribution < -0.4 is 10.5 Å². The van der Waals surface area contributed by atoms with Gasteiger partial charge in [-0.05, 0) is 30.7 Å². The maximum atomic E-state index is 12.2. The molecule has 1 aromatic rings. The Hall–Kier alpha value is -3.63. The van der Waals surface area contributed by atoms with Crippen LogP contribution in [0.1, 0.15) is 18.4 Å². The number of carbonyl (C=O) groups is 4. The molecule has 1 fully saturated rings. The number of benzene rings is 1. The van der Waals surface area contributed by atoms with E-state index in [1.54, 1.807) is 24.3 Å². The van der Waals surface area contributed by atoms with Crippen LogP contribution in [0.3, 0.4) is 0 Å². The van der Waals surface area contributed by atoms with E-state index in [9.17, 15) is 19.2 Å². The van der Waals surface area contributed by atoms with Crippen LogP contribution in [0, 0.1) is 5.41 Å². The van der Waals surface area contributed by atoms with Gasteiger partial charge in [-0.1, -0.05) is 0 Å². The van der Waals surface area contributed by atoms with Crippen molar-refractivity contribution in [1.82, 2.24) is 9.80 Å². The average molecular weight is 406 g/mol. The maximum absolute atomic E-state index is 12.2. The van der Waals surface area contributed by atoms with E-state index in [-0.39, 0.29) is 32.1 Å². The van der Waals surface area contributed by atoms with Crippen LogP contribution in [0.4, 0.5) is 0 Å². The number of amides is 2. The number of carboxylic acid groups (broad SMARTS) is 2. The Bertz CT molecular complexity index is 809. The Labute approximate surface area is 166 Å². The molecule has 156 valence electrons. The van der Waals surface area contributed by atoms with E-state index in [1.165, 1.54) is 4.90 Å². The lowest BCUT2D eigenvalue weighted by Gasteiger charge is -2.36. The van der Waals surface area contributed by atoms with Crippen molar-refractivity contribution in [2.45, 2.75) is 18.9 Å². The van der Waals surface area contributed by atoms with Crippen LogP contribution in [-0.2, 0) is 19.2 Å². The van der Waals surface area contributed by atoms with Crippen molar-refractivity contribution in [2.24, 2.45) is 5.73 Å². The predicted molar refractivity (Wildman–Crippen MR) is 99.5 cm³/mol. The standard InChI is InChI=1S/C18H22N4O7/c19-15(20)11-2-4-12(5-3-11)29-9-1-6-21-7-8-22(17(26)16(21)25)13(18(27)28)10-14(23)24/h2-5,13H,1,6-10H2,(H3,19,20)(H,23,24)(H,27,28). The number of nitrogens with two attached hydrogens (primary N) is 1. The second-order valence-electron chi connectivity index (χ2n) is 6.38. The molecule has 11 nitrogen and oxygen atoms in total. The molecule has 0 radical (unpaired) electrons. The van der Waals surface area contributed by atoms with E-state index in [0.717, 1.165) is 4.90 Å². The van der Waals surface area contributed by atoms with Crippen LogP contribution in [0.15, 0.2) is 24.3 Å². The molecule has 1 aliphatic rings. The van der Waals surface area contributed by atoms with Gasteiger partial charge in [0.25, 0.3) is 0 Å². The van der Waals surface area contributed by atoms with Crippen molar-refractivity contribution in [3.63, 3.8) is 0 Å². The second-order valence-corrected chi connectivity index (χ2v) is 6.38. The monoisotopic (exact) mass is 406 g/mol. The third-order valence-corrected chi connectivity index (χ3v) is 4.38. The van der Waals surface area contributed by atoms with E-state index in [4.69, 9.17) is 26.1 Å². The zero-order chi connectivity index (χ0) is 21.6. The summed E-state index contributed by atoms with van der Waals surface area (Å²) in [6, 6.07) is 5.05. The lowest BCUT2D eigenvalue weighted by atomic mass is 10.1. The number of piperazine rings is 1. The zero-order valence-electron chi connectivity index (χ0n) is 15.5. The van der Waals surface area contributed by atoms with Crippen LogP contribution in [0.2, 0.25) is 0 Å². The smallest absolute Gasteiger partial charge is 0.327 e. The van der Waals surface area contributed by atoms with Crippen molar-refractivity contribution < 1.29 is 34.1 Å². The van der Waals surface area contributed by atoms with Gasteiger partial charge < -0.3 is 30.5 Å². The van der Waals surface area contributed by atoms with Gasteiger partial charge in [0.2, 0.25) is 0 Å². The quantitative estimate of drug-likeness (QED) is 0.171. The van der Waals surface area contributed by atoms with Gasteiger partial charge in [0.1, 0.15) is 17.6 Å². The zero-order valence-corrected chi connectivity index (χ0v) is 15.5. The summed E-state index contributed by atoms with van der Waals surface area (Å²) in [6.07, 6.45) is -0.338. The minimum Gasteiger partial charge on any atom is -0.494 e. The lowest BCUT2D eigenvalue weighted by molar-refractivity contribution is -0.164. The first-order valence-electron chi connectivity index (χ1n) is 8.82. The summed E-state index contributed by atoms with van der Waals surface area (Å²) < 4.78 is 5.54. The fraction of sp³-hybridized carbons (Fsp3) is 0.389. The van der Waals surface area contributed by atoms with Gasteiger partial charge in [-0.25, -0.2) is 4.79 Å². The SMILES string of the molecule is N=C(N)c1ccc(OCCCN2CCN(C(CC(=O)O)C(=O)O)C(=O)C2=O)cc1. The van der Waals surface area contributed by atoms with Crippen molar-refractivity contribution in [1.29, 1.82) is 5.41 Å². The molecule has 11 heteroatoms. The first-order valence-corrected chi connectivity index (χ1v) is 8.82. The molecule has 1 heterocycles. The summed E-state index contributed by atoms with van der Waals surface area (Å²) in [5, 5.41) is 25.3. The summed E-state index contributed by atoms with van der Waals surface area (Å²) in [6.45, 7) is 0.571. The molecule has 0 aliphatic carbocycles. The molecule has 29 heavy (non-hydrogen) atoms. The first-order chi connectivity index (χ1) is 13.7. The Kier molecular flexibility index (Phi) is 7.12. The summed E-state index contributed by atoms with van der Waals surface area (Å²) in [5.41, 5.74) is 5.94. The van der Waals surface area contributed by atoms with Gasteiger partial charge in [-0.3, -0.25) is 19.8 Å². The summed E-state index contributed by atoms with van der Waals surface area (Å²) >= 11 is 0. The van der Waals surface area contributed by atoms with Gasteiger partial charge in [0.05, 0.1) is 13.0 Å². The number of nitrogens with zero attached hydrogens (tertiary/aromatic N) is 2. The number of nitrogen functional groups attached to an aromatic ring is 1. The topological polar surface area (TPSA) is 174 Å². The van der Waals surface area contributed by atoms with Crippen molar-refractivity contribution in [3.05, 3.63) is 29.8 Å². The van der Waals surface area contributed by atoms with E-state index >= 15 is 0 Å². The summed E-state index contributed by atoms with van der Waals surface area (Å²) in [4.78, 5) is 48.6. The number of hydrogen-bond donors (Lipinski definition) is 4. The number of carbonyl (C=O) groups excluding carboxylic acids is 2. The molecular weight excluding hydrogens is 384 g/mol. The number of hydrogen-bond acceptors (Lipinski definition) is 6. The molecule has 0 aromatic heterocycles. The average Bonchev–Trinajstić information content (AvgIpc) is 2.67. The molecule has 0 saturated carbocycles. The third-order valence-electron chi connectivity index (χ3n) is 4.38. The molecule has 0 bridgehead atoms. The normalized spacial score (nSPS) is 15.2. The fourth-order valence-corrected chi connectivity index (χ4v) is 2.87. The highest BCUT2D eigenvalue weighted by Gasteiger charge is 2.39. The van der Waals surface area contributed by atoms with E-state index in [1.807, 2.05) is 0 Å². The van der Waals surface area contributed by atoms with Gasteiger partial charge in [-0.15, -0.1) is 0 Å². The van der Waals surface area contributed by atoms with Gasteiger partial charge in [0, 0.05) is 25.2 Å². The molecule has 0 spiro atoms. The molecule has 1 aromatic carbocycles. The van der Waals surface area contributed by atoms with Crippen LogP contribution in [-0.4, -0.2) is 81.9 Å². The van der Waals surface area contributed by atoms with Crippen LogP contribution in [0.25, 0.3) is 0 Å². The fourth-order valence-electron chi connectivity index (χ4n) is 2.87. The van der Waals surface area contributed by atoms with E-state index in [0.29, 0.717) is 17.7 Å². The molecule has 2 rings (SSSR count). The number of ether oxygens (including phenoxy) is 1. The van der Waals surface area contributed by atoms with Crippen molar-refractivity contribution in [2.75, 3.05) is 26.2 Å². The largest absolute Gasteiger partial charge is 0.494 e.